The number of carbonyl (C=O) groups is 2. The Morgan fingerprint density at radius 3 is 2.57 bits per heavy atom. The molecule has 2 amide bonds. The largest absolute Gasteiger partial charge is 0.497 e. The van der Waals surface area contributed by atoms with Gasteiger partial charge in [0.25, 0.3) is 11.8 Å². The van der Waals surface area contributed by atoms with Crippen LogP contribution in [0.15, 0.2) is 47.1 Å². The van der Waals surface area contributed by atoms with Crippen molar-refractivity contribution in [3.05, 3.63) is 54.0 Å². The number of fused-ring (bicyclic) bond motifs is 1. The van der Waals surface area contributed by atoms with Crippen molar-refractivity contribution < 1.29 is 27.2 Å². The molecule has 2 aliphatic heterocycles. The van der Waals surface area contributed by atoms with Gasteiger partial charge in [-0.2, -0.15) is 0 Å². The second-order valence-electron chi connectivity index (χ2n) is 7.03. The van der Waals surface area contributed by atoms with Crippen LogP contribution >= 0.6 is 0 Å². The SMILES string of the molecule is COc1ccc(C(=O)N[C@@H]2CS(=O)(=O)[C@H]3CN(C(=O)c4ccco4)C[C@@H]23)cc1. The molecule has 8 nitrogen and oxygen atoms in total. The van der Waals surface area contributed by atoms with Gasteiger partial charge >= 0.3 is 0 Å². The van der Waals surface area contributed by atoms with Gasteiger partial charge < -0.3 is 19.4 Å². The van der Waals surface area contributed by atoms with E-state index >= 15 is 0 Å². The van der Waals surface area contributed by atoms with Crippen LogP contribution in [-0.4, -0.2) is 62.4 Å². The quantitative estimate of drug-likeness (QED) is 0.814. The molecule has 0 bridgehead atoms. The molecule has 3 atom stereocenters. The number of amides is 2. The van der Waals surface area contributed by atoms with Gasteiger partial charge in [0.2, 0.25) is 0 Å². The Bertz CT molecular complexity index is 984. The van der Waals surface area contributed by atoms with Crippen molar-refractivity contribution in [2.45, 2.75) is 11.3 Å². The molecule has 3 heterocycles. The highest BCUT2D eigenvalue weighted by atomic mass is 32.2. The third-order valence-corrected chi connectivity index (χ3v) is 7.63. The predicted molar refractivity (Wildman–Crippen MR) is 99.9 cm³/mol. The van der Waals surface area contributed by atoms with E-state index in [2.05, 4.69) is 5.32 Å². The number of furan rings is 1. The molecule has 28 heavy (non-hydrogen) atoms. The molecular weight excluding hydrogens is 384 g/mol. The molecule has 0 aliphatic carbocycles. The minimum atomic E-state index is -3.41. The van der Waals surface area contributed by atoms with E-state index < -0.39 is 21.1 Å². The van der Waals surface area contributed by atoms with E-state index in [0.29, 0.717) is 11.3 Å². The molecule has 148 valence electrons. The Morgan fingerprint density at radius 2 is 1.93 bits per heavy atom. The van der Waals surface area contributed by atoms with Crippen LogP contribution in [0.3, 0.4) is 0 Å². The molecule has 1 aromatic heterocycles. The summed E-state index contributed by atoms with van der Waals surface area (Å²) in [5.41, 5.74) is 0.420. The number of ether oxygens (including phenoxy) is 1. The van der Waals surface area contributed by atoms with E-state index in [1.54, 1.807) is 36.4 Å². The van der Waals surface area contributed by atoms with E-state index in [4.69, 9.17) is 9.15 Å². The first kappa shape index (κ1) is 18.5. The van der Waals surface area contributed by atoms with Gasteiger partial charge in [-0.25, -0.2) is 8.42 Å². The standard InChI is InChI=1S/C19H20N2O6S/c1-26-13-6-4-12(5-7-13)18(22)20-15-11-28(24,25)17-10-21(9-14(15)17)19(23)16-3-2-8-27-16/h2-8,14-15,17H,9-11H2,1H3,(H,20,22)/t14-,15+,17-/m0/s1. The zero-order valence-corrected chi connectivity index (χ0v) is 16.0. The third kappa shape index (κ3) is 3.26. The molecule has 0 unspecified atom stereocenters. The number of sulfone groups is 1. The number of nitrogens with zero attached hydrogens (tertiary/aromatic N) is 1. The molecule has 1 N–H and O–H groups in total. The molecular formula is C19H20N2O6S. The Labute approximate surface area is 162 Å². The Morgan fingerprint density at radius 1 is 1.18 bits per heavy atom. The summed E-state index contributed by atoms with van der Waals surface area (Å²) in [6.45, 7) is 0.373. The number of likely N-dealkylation sites (tertiary alicyclic amines) is 1. The fraction of sp³-hybridized carbons (Fsp3) is 0.368. The van der Waals surface area contributed by atoms with Gasteiger partial charge in [-0.15, -0.1) is 0 Å². The summed E-state index contributed by atoms with van der Waals surface area (Å²) in [6, 6.07) is 9.20. The maximum Gasteiger partial charge on any atom is 0.289 e. The van der Waals surface area contributed by atoms with E-state index in [1.165, 1.54) is 18.3 Å². The lowest BCUT2D eigenvalue weighted by molar-refractivity contribution is 0.0752. The van der Waals surface area contributed by atoms with Crippen LogP contribution in [0.4, 0.5) is 0 Å². The van der Waals surface area contributed by atoms with E-state index in [1.807, 2.05) is 0 Å². The number of rotatable bonds is 4. The lowest BCUT2D eigenvalue weighted by Crippen LogP contribution is -2.42. The topological polar surface area (TPSA) is 106 Å². The Balaban J connectivity index is 1.49. The summed E-state index contributed by atoms with van der Waals surface area (Å²) >= 11 is 0. The molecule has 0 spiro atoms. The van der Waals surface area contributed by atoms with Crippen molar-refractivity contribution in [1.29, 1.82) is 0 Å². The van der Waals surface area contributed by atoms with E-state index in [0.717, 1.165) is 0 Å². The maximum atomic E-state index is 12.6. The van der Waals surface area contributed by atoms with Gasteiger partial charge in [0, 0.05) is 30.6 Å². The summed E-state index contributed by atoms with van der Waals surface area (Å²) in [7, 11) is -1.87. The monoisotopic (exact) mass is 404 g/mol. The number of hydrogen-bond acceptors (Lipinski definition) is 6. The molecule has 4 rings (SSSR count). The lowest BCUT2D eigenvalue weighted by Gasteiger charge is -2.20. The Hall–Kier alpha value is -2.81. The predicted octanol–water partition coefficient (Wildman–Crippen LogP) is 0.956. The fourth-order valence-corrected chi connectivity index (χ4v) is 6.22. The second kappa shape index (κ2) is 6.97. The number of carbonyl (C=O) groups excluding carboxylic acids is 2. The van der Waals surface area contributed by atoms with Gasteiger partial charge in [0.15, 0.2) is 15.6 Å². The van der Waals surface area contributed by atoms with Crippen molar-refractivity contribution in [1.82, 2.24) is 10.2 Å². The molecule has 2 fully saturated rings. The Kier molecular flexibility index (Phi) is 4.62. The van der Waals surface area contributed by atoms with Gasteiger partial charge in [-0.3, -0.25) is 9.59 Å². The van der Waals surface area contributed by atoms with E-state index in [9.17, 15) is 18.0 Å². The van der Waals surface area contributed by atoms with Gasteiger partial charge in [0.1, 0.15) is 5.75 Å². The molecule has 0 radical (unpaired) electrons. The van der Waals surface area contributed by atoms with Crippen LogP contribution in [0.5, 0.6) is 5.75 Å². The first-order chi connectivity index (χ1) is 13.4. The lowest BCUT2D eigenvalue weighted by atomic mass is 10.00. The highest BCUT2D eigenvalue weighted by molar-refractivity contribution is 7.92. The van der Waals surface area contributed by atoms with Crippen molar-refractivity contribution in [2.75, 3.05) is 26.0 Å². The molecule has 0 saturated carbocycles. The first-order valence-corrected chi connectivity index (χ1v) is 10.6. The minimum Gasteiger partial charge on any atom is -0.497 e. The van der Waals surface area contributed by atoms with Crippen LogP contribution in [0, 0.1) is 5.92 Å². The molecule has 2 aromatic rings. The normalized spacial score (nSPS) is 25.3. The molecule has 1 aromatic carbocycles. The summed E-state index contributed by atoms with van der Waals surface area (Å²) < 4.78 is 35.4. The van der Waals surface area contributed by atoms with Crippen LogP contribution < -0.4 is 10.1 Å². The summed E-state index contributed by atoms with van der Waals surface area (Å²) in [4.78, 5) is 26.5. The zero-order chi connectivity index (χ0) is 19.9. The first-order valence-electron chi connectivity index (χ1n) is 8.88. The molecule has 9 heteroatoms. The molecule has 2 aliphatic rings. The highest BCUT2D eigenvalue weighted by Gasteiger charge is 2.53. The number of methoxy groups -OCH3 is 1. The smallest absolute Gasteiger partial charge is 0.289 e. The van der Waals surface area contributed by atoms with Crippen molar-refractivity contribution in [3.8, 4) is 5.75 Å². The van der Waals surface area contributed by atoms with E-state index in [-0.39, 0.29) is 42.3 Å². The van der Waals surface area contributed by atoms with Crippen molar-refractivity contribution in [2.24, 2.45) is 5.92 Å². The zero-order valence-electron chi connectivity index (χ0n) is 15.2. The van der Waals surface area contributed by atoms with Crippen LogP contribution in [-0.2, 0) is 9.84 Å². The summed E-state index contributed by atoms with van der Waals surface area (Å²) in [5.74, 6) is -0.341. The average Bonchev–Trinajstić information content (AvgIpc) is 3.40. The number of benzene rings is 1. The number of hydrogen-bond donors (Lipinski definition) is 1. The van der Waals surface area contributed by atoms with Gasteiger partial charge in [-0.05, 0) is 36.4 Å². The highest BCUT2D eigenvalue weighted by Crippen LogP contribution is 2.35. The van der Waals surface area contributed by atoms with Crippen LogP contribution in [0.1, 0.15) is 20.9 Å². The fourth-order valence-electron chi connectivity index (χ4n) is 3.93. The summed E-state index contributed by atoms with van der Waals surface area (Å²) in [6.07, 6.45) is 1.40. The average molecular weight is 404 g/mol. The van der Waals surface area contributed by atoms with Crippen LogP contribution in [0.2, 0.25) is 0 Å². The molecule has 2 saturated heterocycles. The van der Waals surface area contributed by atoms with Gasteiger partial charge in [-0.1, -0.05) is 0 Å². The maximum absolute atomic E-state index is 12.6. The van der Waals surface area contributed by atoms with Crippen molar-refractivity contribution in [3.63, 3.8) is 0 Å². The third-order valence-electron chi connectivity index (χ3n) is 5.39. The van der Waals surface area contributed by atoms with Crippen molar-refractivity contribution >= 4 is 21.7 Å². The second-order valence-corrected chi connectivity index (χ2v) is 9.29. The summed E-state index contributed by atoms with van der Waals surface area (Å²) in [5, 5.41) is 2.16. The van der Waals surface area contributed by atoms with Gasteiger partial charge in [0.05, 0.1) is 24.4 Å². The number of nitrogens with one attached hydrogen (secondary N) is 1. The van der Waals surface area contributed by atoms with Crippen LogP contribution in [0.25, 0.3) is 0 Å². The minimum absolute atomic E-state index is 0.113.